The van der Waals surface area contributed by atoms with Gasteiger partial charge in [0, 0.05) is 18.2 Å². The van der Waals surface area contributed by atoms with E-state index in [-0.39, 0.29) is 6.61 Å². The lowest BCUT2D eigenvalue weighted by molar-refractivity contribution is 0.269. The van der Waals surface area contributed by atoms with Crippen LogP contribution in [0.5, 0.6) is 5.75 Å². The summed E-state index contributed by atoms with van der Waals surface area (Å²) in [7, 11) is 0. The second-order valence-electron chi connectivity index (χ2n) is 5.11. The molecule has 2 aromatic carbocycles. The second kappa shape index (κ2) is 7.21. The molecule has 0 spiro atoms. The lowest BCUT2D eigenvalue weighted by Gasteiger charge is -2.11. The second-order valence-corrected chi connectivity index (χ2v) is 5.95. The standard InChI is InChI=1S/C17H16Cl2N2O2/c18-12-6-7-16(13(19)10-12)23-11-17-20-14-4-1-2-5-15(14)21(17)8-3-9-22/h1-2,4-7,10,22H,3,8-9,11H2. The summed E-state index contributed by atoms with van der Waals surface area (Å²) in [6.07, 6.45) is 0.662. The smallest absolute Gasteiger partial charge is 0.148 e. The number of nitrogens with zero attached hydrogens (tertiary/aromatic N) is 2. The molecule has 0 atom stereocenters. The molecule has 0 amide bonds. The minimum absolute atomic E-state index is 0.135. The van der Waals surface area contributed by atoms with Crippen molar-refractivity contribution in [2.24, 2.45) is 0 Å². The predicted molar refractivity (Wildman–Crippen MR) is 92.2 cm³/mol. The van der Waals surface area contributed by atoms with Crippen LogP contribution in [0.1, 0.15) is 12.2 Å². The van der Waals surface area contributed by atoms with Crippen molar-refractivity contribution in [2.75, 3.05) is 6.61 Å². The summed E-state index contributed by atoms with van der Waals surface area (Å²) >= 11 is 12.0. The van der Waals surface area contributed by atoms with E-state index >= 15 is 0 Å². The molecule has 23 heavy (non-hydrogen) atoms. The Hall–Kier alpha value is -1.75. The fraction of sp³-hybridized carbons (Fsp3) is 0.235. The summed E-state index contributed by atoms with van der Waals surface area (Å²) in [5, 5.41) is 10.1. The van der Waals surface area contributed by atoms with Crippen molar-refractivity contribution in [2.45, 2.75) is 19.6 Å². The monoisotopic (exact) mass is 350 g/mol. The highest BCUT2D eigenvalue weighted by Gasteiger charge is 2.11. The summed E-state index contributed by atoms with van der Waals surface area (Å²) in [6.45, 7) is 1.11. The first-order valence-electron chi connectivity index (χ1n) is 7.32. The zero-order chi connectivity index (χ0) is 16.2. The molecule has 120 valence electrons. The van der Waals surface area contributed by atoms with Crippen LogP contribution in [0, 0.1) is 0 Å². The van der Waals surface area contributed by atoms with Crippen molar-refractivity contribution < 1.29 is 9.84 Å². The summed E-state index contributed by atoms with van der Waals surface area (Å²) in [6, 6.07) is 13.0. The lowest BCUT2D eigenvalue weighted by Crippen LogP contribution is -2.08. The van der Waals surface area contributed by atoms with Crippen molar-refractivity contribution >= 4 is 34.2 Å². The maximum absolute atomic E-state index is 9.10. The van der Waals surface area contributed by atoms with Gasteiger partial charge in [-0.2, -0.15) is 0 Å². The number of aliphatic hydroxyl groups excluding tert-OH is 1. The van der Waals surface area contributed by atoms with Crippen LogP contribution >= 0.6 is 23.2 Å². The summed E-state index contributed by atoms with van der Waals surface area (Å²) in [5.41, 5.74) is 1.94. The molecule has 0 aliphatic carbocycles. The molecule has 0 saturated heterocycles. The van der Waals surface area contributed by atoms with E-state index in [4.69, 9.17) is 33.0 Å². The van der Waals surface area contributed by atoms with Gasteiger partial charge in [0.05, 0.1) is 16.1 Å². The van der Waals surface area contributed by atoms with Gasteiger partial charge in [-0.05, 0) is 36.8 Å². The number of halogens is 2. The third-order valence-corrected chi connectivity index (χ3v) is 4.05. The van der Waals surface area contributed by atoms with Crippen LogP contribution in [0.4, 0.5) is 0 Å². The Balaban J connectivity index is 1.86. The number of aromatic nitrogens is 2. The van der Waals surface area contributed by atoms with E-state index in [1.807, 2.05) is 24.3 Å². The fourth-order valence-corrected chi connectivity index (χ4v) is 2.91. The number of benzene rings is 2. The molecule has 0 fully saturated rings. The Bertz CT molecular complexity index is 817. The van der Waals surface area contributed by atoms with E-state index in [2.05, 4.69) is 9.55 Å². The molecular formula is C17H16Cl2N2O2. The quantitative estimate of drug-likeness (QED) is 0.720. The molecule has 0 aliphatic rings. The fourth-order valence-electron chi connectivity index (χ4n) is 2.45. The zero-order valence-electron chi connectivity index (χ0n) is 12.4. The zero-order valence-corrected chi connectivity index (χ0v) is 13.9. The highest BCUT2D eigenvalue weighted by molar-refractivity contribution is 6.35. The number of aliphatic hydroxyl groups is 1. The molecular weight excluding hydrogens is 335 g/mol. The summed E-state index contributed by atoms with van der Waals surface area (Å²) in [5.74, 6) is 1.36. The molecule has 4 nitrogen and oxygen atoms in total. The van der Waals surface area contributed by atoms with Gasteiger partial charge in [-0.25, -0.2) is 4.98 Å². The first-order chi connectivity index (χ1) is 11.2. The number of hydrogen-bond acceptors (Lipinski definition) is 3. The van der Waals surface area contributed by atoms with Gasteiger partial charge < -0.3 is 14.4 Å². The molecule has 0 radical (unpaired) electrons. The van der Waals surface area contributed by atoms with Crippen molar-refractivity contribution in [3.05, 3.63) is 58.3 Å². The van der Waals surface area contributed by atoms with Gasteiger partial charge in [-0.15, -0.1) is 0 Å². The number of aryl methyl sites for hydroxylation is 1. The van der Waals surface area contributed by atoms with E-state index in [1.54, 1.807) is 18.2 Å². The van der Waals surface area contributed by atoms with Crippen LogP contribution in [0.3, 0.4) is 0 Å². The molecule has 0 aliphatic heterocycles. The van der Waals surface area contributed by atoms with Crippen LogP contribution in [0.25, 0.3) is 11.0 Å². The van der Waals surface area contributed by atoms with Gasteiger partial charge in [0.15, 0.2) is 0 Å². The molecule has 6 heteroatoms. The molecule has 1 heterocycles. The molecule has 3 aromatic rings. The summed E-state index contributed by atoms with van der Waals surface area (Å²) < 4.78 is 7.86. The van der Waals surface area contributed by atoms with E-state index < -0.39 is 0 Å². The molecule has 0 saturated carbocycles. The van der Waals surface area contributed by atoms with E-state index in [9.17, 15) is 0 Å². The Morgan fingerprint density at radius 1 is 1.13 bits per heavy atom. The number of fused-ring (bicyclic) bond motifs is 1. The number of ether oxygens (including phenoxy) is 1. The third-order valence-electron chi connectivity index (χ3n) is 3.52. The molecule has 1 aromatic heterocycles. The normalized spacial score (nSPS) is 11.1. The predicted octanol–water partition coefficient (Wildman–Crippen LogP) is 4.30. The number of imidazole rings is 1. The average Bonchev–Trinajstić information content (AvgIpc) is 2.89. The number of para-hydroxylation sites is 2. The Morgan fingerprint density at radius 3 is 2.74 bits per heavy atom. The largest absolute Gasteiger partial charge is 0.484 e. The van der Waals surface area contributed by atoms with Crippen molar-refractivity contribution in [1.29, 1.82) is 0 Å². The lowest BCUT2D eigenvalue weighted by atomic mass is 10.3. The third kappa shape index (κ3) is 3.61. The van der Waals surface area contributed by atoms with Gasteiger partial charge in [0.25, 0.3) is 0 Å². The molecule has 3 rings (SSSR count). The van der Waals surface area contributed by atoms with Gasteiger partial charge in [-0.1, -0.05) is 35.3 Å². The first kappa shape index (κ1) is 16.1. The minimum Gasteiger partial charge on any atom is -0.484 e. The highest BCUT2D eigenvalue weighted by atomic mass is 35.5. The van der Waals surface area contributed by atoms with E-state index in [1.165, 1.54) is 0 Å². The summed E-state index contributed by atoms with van der Waals surface area (Å²) in [4.78, 5) is 4.62. The maximum Gasteiger partial charge on any atom is 0.148 e. The minimum atomic E-state index is 0.135. The van der Waals surface area contributed by atoms with E-state index in [0.29, 0.717) is 35.4 Å². The van der Waals surface area contributed by atoms with Gasteiger partial charge in [0.1, 0.15) is 18.2 Å². The van der Waals surface area contributed by atoms with Crippen LogP contribution < -0.4 is 4.74 Å². The Morgan fingerprint density at radius 2 is 1.96 bits per heavy atom. The SMILES string of the molecule is OCCCn1c(COc2ccc(Cl)cc2Cl)nc2ccccc21. The number of rotatable bonds is 6. The molecule has 0 unspecified atom stereocenters. The van der Waals surface area contributed by atoms with Gasteiger partial charge in [-0.3, -0.25) is 0 Å². The average molecular weight is 351 g/mol. The van der Waals surface area contributed by atoms with Crippen LogP contribution in [0.2, 0.25) is 10.0 Å². The van der Waals surface area contributed by atoms with Crippen molar-refractivity contribution in [3.63, 3.8) is 0 Å². The Kier molecular flexibility index (Phi) is 5.06. The van der Waals surface area contributed by atoms with Gasteiger partial charge in [0.2, 0.25) is 0 Å². The van der Waals surface area contributed by atoms with Crippen LogP contribution in [-0.2, 0) is 13.2 Å². The first-order valence-corrected chi connectivity index (χ1v) is 8.07. The van der Waals surface area contributed by atoms with E-state index in [0.717, 1.165) is 16.9 Å². The number of hydrogen-bond donors (Lipinski definition) is 1. The van der Waals surface area contributed by atoms with Crippen LogP contribution in [0.15, 0.2) is 42.5 Å². The van der Waals surface area contributed by atoms with Crippen molar-refractivity contribution in [1.82, 2.24) is 9.55 Å². The highest BCUT2D eigenvalue weighted by Crippen LogP contribution is 2.28. The maximum atomic E-state index is 9.10. The van der Waals surface area contributed by atoms with Crippen molar-refractivity contribution in [3.8, 4) is 5.75 Å². The van der Waals surface area contributed by atoms with Gasteiger partial charge >= 0.3 is 0 Å². The Labute approximate surface area is 144 Å². The topological polar surface area (TPSA) is 47.3 Å². The van der Waals surface area contributed by atoms with Crippen LogP contribution in [-0.4, -0.2) is 21.3 Å². The molecule has 1 N–H and O–H groups in total. The molecule has 0 bridgehead atoms.